The Kier molecular flexibility index (Phi) is 4.99. The minimum Gasteiger partial charge on any atom is -0.309 e. The van der Waals surface area contributed by atoms with Crippen molar-refractivity contribution in [1.82, 2.24) is 14.9 Å². The van der Waals surface area contributed by atoms with Crippen LogP contribution in [0.2, 0.25) is 5.15 Å². The summed E-state index contributed by atoms with van der Waals surface area (Å²) < 4.78 is 0. The van der Waals surface area contributed by atoms with Crippen LogP contribution in [-0.4, -0.2) is 35.5 Å². The van der Waals surface area contributed by atoms with E-state index in [0.29, 0.717) is 5.15 Å². The lowest BCUT2D eigenvalue weighted by atomic mass is 10.2. The highest BCUT2D eigenvalue weighted by Crippen LogP contribution is 2.09. The summed E-state index contributed by atoms with van der Waals surface area (Å²) in [7, 11) is 4.08. The smallest absolute Gasteiger partial charge is 0.133 e. The summed E-state index contributed by atoms with van der Waals surface area (Å²) in [5.74, 6) is 0.847. The van der Waals surface area contributed by atoms with Gasteiger partial charge in [-0.25, -0.2) is 9.97 Å². The molecule has 0 aliphatic rings. The van der Waals surface area contributed by atoms with E-state index in [1.165, 1.54) is 0 Å². The van der Waals surface area contributed by atoms with Crippen molar-refractivity contribution in [3.05, 3.63) is 22.7 Å². The minimum absolute atomic E-state index is 0.558. The third-order valence-electron chi connectivity index (χ3n) is 2.08. The Labute approximate surface area is 96.5 Å². The maximum absolute atomic E-state index is 5.94. The molecule has 0 unspecified atom stereocenters. The molecule has 1 aromatic heterocycles. The van der Waals surface area contributed by atoms with E-state index >= 15 is 0 Å². The van der Waals surface area contributed by atoms with E-state index in [-0.39, 0.29) is 0 Å². The van der Waals surface area contributed by atoms with Crippen molar-refractivity contribution < 1.29 is 0 Å². The van der Waals surface area contributed by atoms with Gasteiger partial charge in [0.25, 0.3) is 0 Å². The molecule has 0 bridgehead atoms. The van der Waals surface area contributed by atoms with E-state index in [1.807, 2.05) is 20.2 Å². The molecule has 0 amide bonds. The van der Waals surface area contributed by atoms with Crippen LogP contribution >= 0.6 is 11.6 Å². The number of likely N-dealkylation sites (N-methyl/N-ethyl adjacent to an activating group) is 1. The molecule has 4 heteroatoms. The van der Waals surface area contributed by atoms with Crippen LogP contribution in [0.4, 0.5) is 0 Å². The average molecular weight is 228 g/mol. The van der Waals surface area contributed by atoms with Crippen molar-refractivity contribution in [2.75, 3.05) is 20.6 Å². The van der Waals surface area contributed by atoms with E-state index in [1.54, 1.807) is 0 Å². The second kappa shape index (κ2) is 6.03. The van der Waals surface area contributed by atoms with Gasteiger partial charge in [-0.05, 0) is 26.6 Å². The maximum atomic E-state index is 5.94. The maximum Gasteiger partial charge on any atom is 0.133 e. The van der Waals surface area contributed by atoms with E-state index in [2.05, 4.69) is 21.8 Å². The zero-order valence-corrected chi connectivity index (χ0v) is 10.4. The molecule has 0 saturated carbocycles. The van der Waals surface area contributed by atoms with Crippen molar-refractivity contribution in [2.45, 2.75) is 26.2 Å². The molecule has 0 aliphatic heterocycles. The lowest BCUT2D eigenvalue weighted by Crippen LogP contribution is -2.16. The normalized spacial score (nSPS) is 11.0. The van der Waals surface area contributed by atoms with E-state index in [0.717, 1.165) is 37.3 Å². The Morgan fingerprint density at radius 1 is 1.27 bits per heavy atom. The summed E-state index contributed by atoms with van der Waals surface area (Å²) in [5, 5.41) is 0.558. The number of aromatic nitrogens is 2. The van der Waals surface area contributed by atoms with Crippen LogP contribution in [-0.2, 0) is 12.8 Å². The number of aryl methyl sites for hydroxylation is 1. The largest absolute Gasteiger partial charge is 0.309 e. The number of halogens is 1. The predicted molar refractivity (Wildman–Crippen MR) is 63.3 cm³/mol. The molecule has 1 rings (SSSR count). The van der Waals surface area contributed by atoms with E-state index in [9.17, 15) is 0 Å². The van der Waals surface area contributed by atoms with Gasteiger partial charge in [0.1, 0.15) is 11.0 Å². The molecule has 0 spiro atoms. The standard InChI is InChI=1S/C11H18ClN3/c1-4-5-9-8-10(12)14-11(13-9)6-7-15(2)3/h8H,4-7H2,1-3H3. The average Bonchev–Trinajstić information content (AvgIpc) is 2.14. The molecular formula is C11H18ClN3. The molecule has 0 atom stereocenters. The second-order valence-electron chi connectivity index (χ2n) is 3.90. The van der Waals surface area contributed by atoms with Gasteiger partial charge in [0, 0.05) is 18.7 Å². The van der Waals surface area contributed by atoms with Gasteiger partial charge in [0.15, 0.2) is 0 Å². The zero-order valence-electron chi connectivity index (χ0n) is 9.63. The van der Waals surface area contributed by atoms with Crippen LogP contribution < -0.4 is 0 Å². The first-order chi connectivity index (χ1) is 7.11. The second-order valence-corrected chi connectivity index (χ2v) is 4.29. The molecular weight excluding hydrogens is 210 g/mol. The molecule has 1 heterocycles. The zero-order chi connectivity index (χ0) is 11.3. The minimum atomic E-state index is 0.558. The van der Waals surface area contributed by atoms with Gasteiger partial charge >= 0.3 is 0 Å². The molecule has 84 valence electrons. The van der Waals surface area contributed by atoms with E-state index < -0.39 is 0 Å². The van der Waals surface area contributed by atoms with Gasteiger partial charge in [0.05, 0.1) is 0 Å². The number of nitrogens with zero attached hydrogens (tertiary/aromatic N) is 3. The third-order valence-corrected chi connectivity index (χ3v) is 2.28. The van der Waals surface area contributed by atoms with Gasteiger partial charge < -0.3 is 4.90 Å². The fraction of sp³-hybridized carbons (Fsp3) is 0.636. The number of hydrogen-bond acceptors (Lipinski definition) is 3. The van der Waals surface area contributed by atoms with Gasteiger partial charge in [-0.2, -0.15) is 0 Å². The summed E-state index contributed by atoms with van der Waals surface area (Å²) in [6, 6.07) is 1.85. The summed E-state index contributed by atoms with van der Waals surface area (Å²) in [4.78, 5) is 10.8. The number of rotatable bonds is 5. The highest BCUT2D eigenvalue weighted by atomic mass is 35.5. The topological polar surface area (TPSA) is 29.0 Å². The summed E-state index contributed by atoms with van der Waals surface area (Å²) >= 11 is 5.94. The lowest BCUT2D eigenvalue weighted by molar-refractivity contribution is 0.409. The Hall–Kier alpha value is -0.670. The monoisotopic (exact) mass is 227 g/mol. The Morgan fingerprint density at radius 2 is 2.00 bits per heavy atom. The van der Waals surface area contributed by atoms with Crippen LogP contribution in [0.3, 0.4) is 0 Å². The van der Waals surface area contributed by atoms with Gasteiger partial charge in [-0.15, -0.1) is 0 Å². The summed E-state index contributed by atoms with van der Waals surface area (Å²) in [5.41, 5.74) is 1.05. The van der Waals surface area contributed by atoms with Crippen LogP contribution in [0.1, 0.15) is 24.9 Å². The van der Waals surface area contributed by atoms with Gasteiger partial charge in [-0.1, -0.05) is 24.9 Å². The molecule has 0 radical (unpaired) electrons. The van der Waals surface area contributed by atoms with E-state index in [4.69, 9.17) is 11.6 Å². The number of hydrogen-bond donors (Lipinski definition) is 0. The molecule has 0 aliphatic carbocycles. The fourth-order valence-electron chi connectivity index (χ4n) is 1.34. The van der Waals surface area contributed by atoms with Crippen LogP contribution in [0, 0.1) is 0 Å². The van der Waals surface area contributed by atoms with Crippen LogP contribution in [0.25, 0.3) is 0 Å². The third kappa shape index (κ3) is 4.58. The van der Waals surface area contributed by atoms with Crippen molar-refractivity contribution in [1.29, 1.82) is 0 Å². The lowest BCUT2D eigenvalue weighted by Gasteiger charge is -2.09. The first kappa shape index (κ1) is 12.4. The molecule has 3 nitrogen and oxygen atoms in total. The van der Waals surface area contributed by atoms with Crippen molar-refractivity contribution in [3.63, 3.8) is 0 Å². The molecule has 15 heavy (non-hydrogen) atoms. The Balaban J connectivity index is 2.70. The van der Waals surface area contributed by atoms with Crippen molar-refractivity contribution >= 4 is 11.6 Å². The predicted octanol–water partition coefficient (Wildman–Crippen LogP) is 2.19. The summed E-state index contributed by atoms with van der Waals surface area (Å²) in [6.45, 7) is 3.08. The Morgan fingerprint density at radius 3 is 2.60 bits per heavy atom. The van der Waals surface area contributed by atoms with Gasteiger partial charge in [-0.3, -0.25) is 0 Å². The van der Waals surface area contributed by atoms with Crippen molar-refractivity contribution in [2.24, 2.45) is 0 Å². The molecule has 0 aromatic carbocycles. The summed E-state index contributed by atoms with van der Waals surface area (Å²) in [6.07, 6.45) is 2.90. The Bertz CT molecular complexity index is 313. The van der Waals surface area contributed by atoms with Crippen LogP contribution in [0.5, 0.6) is 0 Å². The highest BCUT2D eigenvalue weighted by Gasteiger charge is 2.03. The highest BCUT2D eigenvalue weighted by molar-refractivity contribution is 6.29. The molecule has 0 fully saturated rings. The molecule has 0 saturated heterocycles. The quantitative estimate of drug-likeness (QED) is 0.723. The van der Waals surface area contributed by atoms with Crippen LogP contribution in [0.15, 0.2) is 6.07 Å². The first-order valence-corrected chi connectivity index (χ1v) is 5.66. The van der Waals surface area contributed by atoms with Gasteiger partial charge in [0.2, 0.25) is 0 Å². The molecule has 0 N–H and O–H groups in total. The molecule has 1 aromatic rings. The van der Waals surface area contributed by atoms with Crippen molar-refractivity contribution in [3.8, 4) is 0 Å². The first-order valence-electron chi connectivity index (χ1n) is 5.29. The SMILES string of the molecule is CCCc1cc(Cl)nc(CCN(C)C)n1. The fourth-order valence-corrected chi connectivity index (χ4v) is 1.56.